The van der Waals surface area contributed by atoms with E-state index >= 15 is 0 Å². The molecule has 2 N–H and O–H groups in total. The Balaban J connectivity index is 1.45. The van der Waals surface area contributed by atoms with Crippen LogP contribution in [-0.4, -0.2) is 45.1 Å². The first kappa shape index (κ1) is 16.9. The van der Waals surface area contributed by atoms with E-state index in [1.807, 2.05) is 24.3 Å². The Labute approximate surface area is 156 Å². The Morgan fingerprint density at radius 2 is 1.96 bits per heavy atom. The quantitative estimate of drug-likeness (QED) is 0.847. The molecule has 0 aliphatic carbocycles. The van der Waals surface area contributed by atoms with Gasteiger partial charge in [0.05, 0.1) is 22.6 Å². The molecule has 0 unspecified atom stereocenters. The summed E-state index contributed by atoms with van der Waals surface area (Å²) < 4.78 is 1.57. The Hall–Kier alpha value is -2.54. The normalized spacial score (nSPS) is 19.5. The number of aromatic nitrogens is 2. The maximum atomic E-state index is 12.8. The minimum atomic E-state index is -0.663. The molecular formula is C18H20ClN5O2. The van der Waals surface area contributed by atoms with E-state index in [0.717, 1.165) is 11.4 Å². The van der Waals surface area contributed by atoms with Crippen LogP contribution in [0.4, 0.5) is 11.4 Å². The average molecular weight is 374 g/mol. The molecule has 2 aliphatic rings. The number of amides is 2. The molecule has 1 fully saturated rings. The number of anilines is 2. The van der Waals surface area contributed by atoms with Crippen molar-refractivity contribution in [2.45, 2.75) is 31.3 Å². The Kier molecular flexibility index (Phi) is 4.11. The monoisotopic (exact) mass is 373 g/mol. The second-order valence-electron chi connectivity index (χ2n) is 6.85. The molecule has 1 atom stereocenters. The van der Waals surface area contributed by atoms with E-state index in [1.165, 1.54) is 6.20 Å². The molecule has 4 rings (SSSR count). The summed E-state index contributed by atoms with van der Waals surface area (Å²) in [7, 11) is 0. The predicted octanol–water partition coefficient (Wildman–Crippen LogP) is 2.52. The van der Waals surface area contributed by atoms with Crippen molar-refractivity contribution in [1.29, 1.82) is 0 Å². The van der Waals surface area contributed by atoms with Crippen LogP contribution in [0.15, 0.2) is 36.7 Å². The fourth-order valence-corrected chi connectivity index (χ4v) is 3.77. The number of carbonyl (C=O) groups is 2. The maximum Gasteiger partial charge on any atom is 0.250 e. The van der Waals surface area contributed by atoms with Crippen molar-refractivity contribution < 1.29 is 9.59 Å². The van der Waals surface area contributed by atoms with Gasteiger partial charge in [-0.1, -0.05) is 23.7 Å². The molecule has 0 saturated carbocycles. The smallest absolute Gasteiger partial charge is 0.250 e. The van der Waals surface area contributed by atoms with Gasteiger partial charge >= 0.3 is 0 Å². The first-order valence-electron chi connectivity index (χ1n) is 8.66. The molecule has 26 heavy (non-hydrogen) atoms. The van der Waals surface area contributed by atoms with Crippen molar-refractivity contribution in [3.8, 4) is 0 Å². The molecule has 1 aromatic carbocycles. The third-order valence-corrected chi connectivity index (χ3v) is 5.43. The molecule has 2 aromatic rings. The number of piperidine rings is 1. The number of rotatable bonds is 2. The van der Waals surface area contributed by atoms with Crippen molar-refractivity contribution in [3.05, 3.63) is 41.7 Å². The van der Waals surface area contributed by atoms with Crippen LogP contribution in [0.3, 0.4) is 0 Å². The SMILES string of the molecule is C[C@@H](C(=O)N1CCC2(CC1)Nc1ccccc1NC2=O)n1cc(Cl)cn1. The van der Waals surface area contributed by atoms with E-state index in [9.17, 15) is 9.59 Å². The Morgan fingerprint density at radius 3 is 2.62 bits per heavy atom. The zero-order valence-electron chi connectivity index (χ0n) is 14.4. The molecule has 1 spiro atoms. The summed E-state index contributed by atoms with van der Waals surface area (Å²) in [6.45, 7) is 2.83. The number of para-hydroxylation sites is 2. The third kappa shape index (κ3) is 2.82. The van der Waals surface area contributed by atoms with Crippen molar-refractivity contribution in [2.75, 3.05) is 23.7 Å². The number of carbonyl (C=O) groups excluding carboxylic acids is 2. The van der Waals surface area contributed by atoms with E-state index in [4.69, 9.17) is 11.6 Å². The zero-order valence-corrected chi connectivity index (χ0v) is 15.2. The molecule has 1 aromatic heterocycles. The molecule has 0 radical (unpaired) electrons. The molecule has 2 aliphatic heterocycles. The number of benzene rings is 1. The van der Waals surface area contributed by atoms with Crippen molar-refractivity contribution in [2.24, 2.45) is 0 Å². The second-order valence-corrected chi connectivity index (χ2v) is 7.28. The van der Waals surface area contributed by atoms with Gasteiger partial charge in [-0.3, -0.25) is 14.3 Å². The number of halogens is 1. The van der Waals surface area contributed by atoms with Crippen molar-refractivity contribution >= 4 is 34.8 Å². The van der Waals surface area contributed by atoms with E-state index in [1.54, 1.807) is 22.7 Å². The fourth-order valence-electron chi connectivity index (χ4n) is 3.62. The topological polar surface area (TPSA) is 79.3 Å². The molecule has 136 valence electrons. The first-order valence-corrected chi connectivity index (χ1v) is 9.03. The minimum absolute atomic E-state index is 0.0174. The fraction of sp³-hybridized carbons (Fsp3) is 0.389. The van der Waals surface area contributed by atoms with E-state index in [0.29, 0.717) is 31.0 Å². The molecule has 3 heterocycles. The zero-order chi connectivity index (χ0) is 18.3. The summed E-state index contributed by atoms with van der Waals surface area (Å²) in [4.78, 5) is 27.2. The number of likely N-dealkylation sites (tertiary alicyclic amines) is 1. The van der Waals surface area contributed by atoms with Gasteiger partial charge in [0.1, 0.15) is 11.6 Å². The molecule has 2 amide bonds. The minimum Gasteiger partial charge on any atom is -0.369 e. The van der Waals surface area contributed by atoms with Gasteiger partial charge in [-0.2, -0.15) is 5.10 Å². The molecular weight excluding hydrogens is 354 g/mol. The van der Waals surface area contributed by atoms with Crippen LogP contribution in [0, 0.1) is 0 Å². The van der Waals surface area contributed by atoms with Gasteiger partial charge in [0.2, 0.25) is 11.8 Å². The summed E-state index contributed by atoms with van der Waals surface area (Å²) in [6, 6.07) is 7.24. The number of nitrogens with zero attached hydrogens (tertiary/aromatic N) is 3. The van der Waals surface area contributed by atoms with E-state index in [2.05, 4.69) is 15.7 Å². The van der Waals surface area contributed by atoms with Crippen LogP contribution >= 0.6 is 11.6 Å². The highest BCUT2D eigenvalue weighted by molar-refractivity contribution is 6.30. The van der Waals surface area contributed by atoms with E-state index in [-0.39, 0.29) is 11.8 Å². The lowest BCUT2D eigenvalue weighted by Crippen LogP contribution is -2.59. The van der Waals surface area contributed by atoms with Crippen LogP contribution in [-0.2, 0) is 9.59 Å². The average Bonchev–Trinajstić information content (AvgIpc) is 3.08. The van der Waals surface area contributed by atoms with Gasteiger partial charge in [0.25, 0.3) is 0 Å². The van der Waals surface area contributed by atoms with Crippen LogP contribution < -0.4 is 10.6 Å². The van der Waals surface area contributed by atoms with Crippen LogP contribution in [0.2, 0.25) is 5.02 Å². The second kappa shape index (κ2) is 6.32. The highest BCUT2D eigenvalue weighted by Gasteiger charge is 2.45. The maximum absolute atomic E-state index is 12.8. The predicted molar refractivity (Wildman–Crippen MR) is 99.2 cm³/mol. The lowest BCUT2D eigenvalue weighted by atomic mass is 9.84. The van der Waals surface area contributed by atoms with Crippen molar-refractivity contribution in [3.63, 3.8) is 0 Å². The lowest BCUT2D eigenvalue weighted by Gasteiger charge is -2.44. The Bertz CT molecular complexity index is 857. The van der Waals surface area contributed by atoms with Crippen LogP contribution in [0.25, 0.3) is 0 Å². The van der Waals surface area contributed by atoms with Gasteiger partial charge in [-0.05, 0) is 31.9 Å². The summed E-state index contributed by atoms with van der Waals surface area (Å²) in [5.41, 5.74) is 1.06. The number of fused-ring (bicyclic) bond motifs is 1. The molecule has 1 saturated heterocycles. The van der Waals surface area contributed by atoms with Gasteiger partial charge in [-0.25, -0.2) is 0 Å². The summed E-state index contributed by atoms with van der Waals surface area (Å²) in [5.74, 6) is -0.0496. The summed E-state index contributed by atoms with van der Waals surface area (Å²) in [5, 5.41) is 11.0. The Morgan fingerprint density at radius 1 is 1.27 bits per heavy atom. The van der Waals surface area contributed by atoms with Crippen LogP contribution in [0.5, 0.6) is 0 Å². The number of nitrogens with one attached hydrogen (secondary N) is 2. The third-order valence-electron chi connectivity index (χ3n) is 5.24. The lowest BCUT2D eigenvalue weighted by molar-refractivity contribution is -0.137. The van der Waals surface area contributed by atoms with Gasteiger partial charge < -0.3 is 15.5 Å². The highest BCUT2D eigenvalue weighted by atomic mass is 35.5. The summed E-state index contributed by atoms with van der Waals surface area (Å²) >= 11 is 5.89. The number of hydrogen-bond acceptors (Lipinski definition) is 4. The highest BCUT2D eigenvalue weighted by Crippen LogP contribution is 2.36. The molecule has 7 nitrogen and oxygen atoms in total. The van der Waals surface area contributed by atoms with E-state index < -0.39 is 11.6 Å². The van der Waals surface area contributed by atoms with Crippen molar-refractivity contribution in [1.82, 2.24) is 14.7 Å². The standard InChI is InChI=1S/C18H20ClN5O2/c1-12(24-11-13(19)10-20-24)16(25)23-8-6-18(7-9-23)17(26)21-14-4-2-3-5-15(14)22-18/h2-5,10-12,22H,6-9H2,1H3,(H,21,26)/t12-/m0/s1. The van der Waals surface area contributed by atoms with Gasteiger partial charge in [0.15, 0.2) is 0 Å². The first-order chi connectivity index (χ1) is 12.5. The van der Waals surface area contributed by atoms with Crippen LogP contribution in [0.1, 0.15) is 25.8 Å². The number of hydrogen-bond donors (Lipinski definition) is 2. The van der Waals surface area contributed by atoms with Gasteiger partial charge in [0, 0.05) is 19.3 Å². The van der Waals surface area contributed by atoms with Gasteiger partial charge in [-0.15, -0.1) is 0 Å². The molecule has 0 bridgehead atoms. The largest absolute Gasteiger partial charge is 0.369 e. The molecule has 8 heteroatoms. The summed E-state index contributed by atoms with van der Waals surface area (Å²) in [6.07, 6.45) is 4.28.